The van der Waals surface area contributed by atoms with Crippen molar-refractivity contribution in [1.29, 1.82) is 0 Å². The van der Waals surface area contributed by atoms with Gasteiger partial charge in [-0.1, -0.05) is 41.9 Å². The number of halogens is 1. The Morgan fingerprint density at radius 2 is 1.67 bits per heavy atom. The van der Waals surface area contributed by atoms with Crippen LogP contribution in [0.15, 0.2) is 77.7 Å². The van der Waals surface area contributed by atoms with E-state index in [4.69, 9.17) is 21.1 Å². The maximum atomic E-state index is 13.3. The predicted octanol–water partition coefficient (Wildman–Crippen LogP) is 4.75. The second kappa shape index (κ2) is 10.7. The van der Waals surface area contributed by atoms with Crippen LogP contribution in [0.5, 0.6) is 11.5 Å². The zero-order valence-corrected chi connectivity index (χ0v) is 20.1. The molecule has 3 rings (SSSR count). The van der Waals surface area contributed by atoms with Gasteiger partial charge in [0.05, 0.1) is 30.2 Å². The monoisotopic (exact) mass is 488 g/mol. The maximum absolute atomic E-state index is 13.3. The van der Waals surface area contributed by atoms with E-state index in [2.05, 4.69) is 5.32 Å². The van der Waals surface area contributed by atoms with E-state index in [-0.39, 0.29) is 17.2 Å². The first kappa shape index (κ1) is 24.6. The molecule has 33 heavy (non-hydrogen) atoms. The summed E-state index contributed by atoms with van der Waals surface area (Å²) in [5.74, 6) is 0.745. The standard InChI is InChI=1S/C24H25ClN2O5S/c1-27(33(29,30)20-7-5-4-6-8-20)22(17-9-12-19(31-2)13-10-17)16-24(28)26-18-11-14-23(32-3)21(25)15-18/h4-15,22H,16H2,1-3H3,(H,26,28)/t22-/m0/s1. The highest BCUT2D eigenvalue weighted by atomic mass is 35.5. The number of methoxy groups -OCH3 is 2. The minimum atomic E-state index is -3.85. The Morgan fingerprint density at radius 3 is 2.24 bits per heavy atom. The van der Waals surface area contributed by atoms with Gasteiger partial charge in [0.25, 0.3) is 0 Å². The summed E-state index contributed by atoms with van der Waals surface area (Å²) < 4.78 is 38.1. The molecule has 0 fully saturated rings. The highest BCUT2D eigenvalue weighted by Crippen LogP contribution is 2.31. The lowest BCUT2D eigenvalue weighted by Crippen LogP contribution is -2.33. The Labute approximate surface area is 198 Å². The third-order valence-electron chi connectivity index (χ3n) is 5.17. The van der Waals surface area contributed by atoms with Crippen molar-refractivity contribution in [3.05, 3.63) is 83.4 Å². The van der Waals surface area contributed by atoms with Crippen LogP contribution in [-0.2, 0) is 14.8 Å². The van der Waals surface area contributed by atoms with Crippen LogP contribution >= 0.6 is 11.6 Å². The first-order valence-electron chi connectivity index (χ1n) is 10.1. The zero-order chi connectivity index (χ0) is 24.0. The van der Waals surface area contributed by atoms with E-state index in [9.17, 15) is 13.2 Å². The van der Waals surface area contributed by atoms with Gasteiger partial charge in [-0.15, -0.1) is 0 Å². The fraction of sp³-hybridized carbons (Fsp3) is 0.208. The average Bonchev–Trinajstić information content (AvgIpc) is 2.83. The van der Waals surface area contributed by atoms with Gasteiger partial charge in [0, 0.05) is 19.2 Å². The van der Waals surface area contributed by atoms with Crippen LogP contribution in [0.1, 0.15) is 18.0 Å². The van der Waals surface area contributed by atoms with Gasteiger partial charge in [0.1, 0.15) is 11.5 Å². The van der Waals surface area contributed by atoms with Gasteiger partial charge in [-0.3, -0.25) is 4.79 Å². The van der Waals surface area contributed by atoms with Crippen molar-refractivity contribution in [2.45, 2.75) is 17.4 Å². The first-order valence-corrected chi connectivity index (χ1v) is 11.9. The van der Waals surface area contributed by atoms with E-state index < -0.39 is 16.1 Å². The fourth-order valence-corrected chi connectivity index (χ4v) is 4.96. The Morgan fingerprint density at radius 1 is 1.00 bits per heavy atom. The number of sulfonamides is 1. The highest BCUT2D eigenvalue weighted by molar-refractivity contribution is 7.89. The number of anilines is 1. The summed E-state index contributed by atoms with van der Waals surface area (Å²) in [7, 11) is 0.665. The SMILES string of the molecule is COc1ccc([C@H](CC(=O)Nc2ccc(OC)c(Cl)c2)N(C)S(=O)(=O)c2ccccc2)cc1. The van der Waals surface area contributed by atoms with Gasteiger partial charge in [-0.25, -0.2) is 8.42 Å². The third-order valence-corrected chi connectivity index (χ3v) is 7.35. The lowest BCUT2D eigenvalue weighted by atomic mass is 10.0. The molecule has 174 valence electrons. The van der Waals surface area contributed by atoms with Gasteiger partial charge in [0.15, 0.2) is 0 Å². The Kier molecular flexibility index (Phi) is 7.97. The van der Waals surface area contributed by atoms with E-state index in [1.807, 2.05) is 0 Å². The molecule has 0 saturated carbocycles. The molecule has 0 radical (unpaired) electrons. The van der Waals surface area contributed by atoms with Gasteiger partial charge in [-0.05, 0) is 48.0 Å². The zero-order valence-electron chi connectivity index (χ0n) is 18.5. The third kappa shape index (κ3) is 5.84. The van der Waals surface area contributed by atoms with Crippen molar-refractivity contribution in [2.24, 2.45) is 0 Å². The lowest BCUT2D eigenvalue weighted by Gasteiger charge is -2.28. The number of hydrogen-bond donors (Lipinski definition) is 1. The second-order valence-corrected chi connectivity index (χ2v) is 9.63. The number of carbonyl (C=O) groups excluding carboxylic acids is 1. The normalized spacial score (nSPS) is 12.3. The summed E-state index contributed by atoms with van der Waals surface area (Å²) in [6, 6.07) is 19.2. The smallest absolute Gasteiger partial charge is 0.243 e. The quantitative estimate of drug-likeness (QED) is 0.470. The molecule has 0 bridgehead atoms. The summed E-state index contributed by atoms with van der Waals surface area (Å²) in [4.78, 5) is 13.1. The van der Waals surface area contributed by atoms with E-state index in [0.29, 0.717) is 27.8 Å². The molecule has 0 aromatic heterocycles. The molecular weight excluding hydrogens is 464 g/mol. The van der Waals surface area contributed by atoms with Crippen LogP contribution in [0.25, 0.3) is 0 Å². The molecule has 1 amide bonds. The van der Waals surface area contributed by atoms with Crippen molar-refractivity contribution in [3.63, 3.8) is 0 Å². The highest BCUT2D eigenvalue weighted by Gasteiger charge is 2.31. The van der Waals surface area contributed by atoms with Crippen molar-refractivity contribution >= 4 is 33.2 Å². The molecule has 9 heteroatoms. The van der Waals surface area contributed by atoms with Crippen molar-refractivity contribution in [3.8, 4) is 11.5 Å². The first-order chi connectivity index (χ1) is 15.8. The lowest BCUT2D eigenvalue weighted by molar-refractivity contribution is -0.117. The average molecular weight is 489 g/mol. The Bertz CT molecular complexity index is 1200. The largest absolute Gasteiger partial charge is 0.497 e. The molecular formula is C24H25ClN2O5S. The van der Waals surface area contributed by atoms with E-state index in [1.54, 1.807) is 67.8 Å². The molecule has 0 saturated heterocycles. The number of ether oxygens (including phenoxy) is 2. The summed E-state index contributed by atoms with van der Waals surface area (Å²) in [6.07, 6.45) is -0.113. The van der Waals surface area contributed by atoms with E-state index in [1.165, 1.54) is 30.6 Å². The molecule has 0 aliphatic carbocycles. The number of rotatable bonds is 9. The molecule has 1 N–H and O–H groups in total. The topological polar surface area (TPSA) is 84.9 Å². The van der Waals surface area contributed by atoms with E-state index in [0.717, 1.165) is 0 Å². The molecule has 3 aromatic carbocycles. The van der Waals surface area contributed by atoms with Crippen molar-refractivity contribution < 1.29 is 22.7 Å². The number of carbonyl (C=O) groups is 1. The minimum absolute atomic E-state index is 0.113. The minimum Gasteiger partial charge on any atom is -0.497 e. The van der Waals surface area contributed by atoms with Crippen LogP contribution in [0.2, 0.25) is 5.02 Å². The van der Waals surface area contributed by atoms with Gasteiger partial charge in [-0.2, -0.15) is 4.31 Å². The summed E-state index contributed by atoms with van der Waals surface area (Å²) in [5.41, 5.74) is 1.13. The van der Waals surface area contributed by atoms with Crippen molar-refractivity contribution in [2.75, 3.05) is 26.6 Å². The fourth-order valence-electron chi connectivity index (χ4n) is 3.34. The number of nitrogens with one attached hydrogen (secondary N) is 1. The van der Waals surface area contributed by atoms with Gasteiger partial charge in [0.2, 0.25) is 15.9 Å². The molecule has 0 heterocycles. The Hall–Kier alpha value is -3.07. The van der Waals surface area contributed by atoms with Gasteiger partial charge >= 0.3 is 0 Å². The van der Waals surface area contributed by atoms with Gasteiger partial charge < -0.3 is 14.8 Å². The van der Waals surface area contributed by atoms with Crippen LogP contribution < -0.4 is 14.8 Å². The predicted molar refractivity (Wildman–Crippen MR) is 128 cm³/mol. The number of benzene rings is 3. The second-order valence-electron chi connectivity index (χ2n) is 7.22. The van der Waals surface area contributed by atoms with Crippen LogP contribution in [0, 0.1) is 0 Å². The molecule has 0 unspecified atom stereocenters. The molecule has 0 aliphatic heterocycles. The number of hydrogen-bond acceptors (Lipinski definition) is 5. The van der Waals surface area contributed by atoms with Crippen LogP contribution in [0.4, 0.5) is 5.69 Å². The maximum Gasteiger partial charge on any atom is 0.243 e. The van der Waals surface area contributed by atoms with Crippen LogP contribution in [0.3, 0.4) is 0 Å². The Balaban J connectivity index is 1.89. The summed E-state index contributed by atoms with van der Waals surface area (Å²) in [5, 5.41) is 3.13. The summed E-state index contributed by atoms with van der Waals surface area (Å²) in [6.45, 7) is 0. The summed E-state index contributed by atoms with van der Waals surface area (Å²) >= 11 is 6.15. The molecule has 0 aliphatic rings. The number of nitrogens with zero attached hydrogens (tertiary/aromatic N) is 1. The molecule has 3 aromatic rings. The van der Waals surface area contributed by atoms with E-state index >= 15 is 0 Å². The molecule has 7 nitrogen and oxygen atoms in total. The molecule has 1 atom stereocenters. The molecule has 0 spiro atoms. The van der Waals surface area contributed by atoms with Crippen LogP contribution in [-0.4, -0.2) is 39.9 Å². The number of amides is 1. The van der Waals surface area contributed by atoms with Crippen molar-refractivity contribution in [1.82, 2.24) is 4.31 Å².